The predicted molar refractivity (Wildman–Crippen MR) is 86.3 cm³/mol. The van der Waals surface area contributed by atoms with E-state index in [9.17, 15) is 4.79 Å². The molecule has 0 bridgehead atoms. The van der Waals surface area contributed by atoms with Gasteiger partial charge < -0.3 is 16.3 Å². The van der Waals surface area contributed by atoms with Gasteiger partial charge in [-0.3, -0.25) is 4.79 Å². The van der Waals surface area contributed by atoms with E-state index in [0.717, 1.165) is 24.3 Å². The van der Waals surface area contributed by atoms with Crippen LogP contribution in [0.1, 0.15) is 53.4 Å². The van der Waals surface area contributed by atoms with E-state index in [1.807, 2.05) is 20.8 Å². The van der Waals surface area contributed by atoms with Crippen LogP contribution in [0.2, 0.25) is 0 Å². The first-order chi connectivity index (χ1) is 9.48. The van der Waals surface area contributed by atoms with Crippen LogP contribution in [0.5, 0.6) is 0 Å². The fourth-order valence-electron chi connectivity index (χ4n) is 2.37. The van der Waals surface area contributed by atoms with Gasteiger partial charge in [0.15, 0.2) is 5.84 Å². The second-order valence-electron chi connectivity index (χ2n) is 5.10. The summed E-state index contributed by atoms with van der Waals surface area (Å²) in [5.41, 5.74) is 4.95. The lowest BCUT2D eigenvalue weighted by Crippen LogP contribution is -2.52. The van der Waals surface area contributed by atoms with Gasteiger partial charge in [-0.05, 0) is 25.5 Å². The van der Waals surface area contributed by atoms with Crippen LogP contribution in [0.4, 0.5) is 0 Å². The number of amides is 1. The molecule has 0 radical (unpaired) electrons. The van der Waals surface area contributed by atoms with Crippen molar-refractivity contribution in [2.75, 3.05) is 11.5 Å². The fraction of sp³-hybridized carbons (Fsp3) is 0.857. The molecule has 6 heteroatoms. The minimum atomic E-state index is -0.886. The first-order valence-electron chi connectivity index (χ1n) is 7.35. The summed E-state index contributed by atoms with van der Waals surface area (Å²) in [6.45, 7) is 8.07. The molecule has 0 aromatic heterocycles. The highest BCUT2D eigenvalue weighted by atomic mass is 32.2. The predicted octanol–water partition coefficient (Wildman–Crippen LogP) is 2.58. The van der Waals surface area contributed by atoms with Crippen LogP contribution >= 0.6 is 11.8 Å². The molecule has 1 unspecified atom stereocenters. The highest BCUT2D eigenvalue weighted by Crippen LogP contribution is 2.31. The van der Waals surface area contributed by atoms with Crippen LogP contribution in [0.15, 0.2) is 5.16 Å². The molecule has 0 aliphatic carbocycles. The van der Waals surface area contributed by atoms with Gasteiger partial charge in [-0.1, -0.05) is 38.8 Å². The molecule has 0 aliphatic heterocycles. The number of carbonyl (C=O) groups excluding carboxylic acids is 1. The summed E-state index contributed by atoms with van der Waals surface area (Å²) >= 11 is 1.78. The van der Waals surface area contributed by atoms with E-state index in [1.165, 1.54) is 0 Å². The maximum absolute atomic E-state index is 12.6. The Morgan fingerprint density at radius 1 is 1.35 bits per heavy atom. The van der Waals surface area contributed by atoms with Gasteiger partial charge in [0, 0.05) is 11.8 Å². The van der Waals surface area contributed by atoms with E-state index >= 15 is 0 Å². The number of hydrogen-bond acceptors (Lipinski definition) is 4. The molecule has 0 rings (SSSR count). The Morgan fingerprint density at radius 2 is 1.90 bits per heavy atom. The molecule has 0 fully saturated rings. The first-order valence-corrected chi connectivity index (χ1v) is 8.50. The second-order valence-corrected chi connectivity index (χ2v) is 6.42. The number of rotatable bonds is 10. The molecule has 0 saturated carbocycles. The van der Waals surface area contributed by atoms with Crippen molar-refractivity contribution < 1.29 is 10.0 Å². The zero-order chi connectivity index (χ0) is 15.6. The van der Waals surface area contributed by atoms with Crippen LogP contribution in [-0.4, -0.2) is 34.5 Å². The summed E-state index contributed by atoms with van der Waals surface area (Å²) < 4.78 is 0. The van der Waals surface area contributed by atoms with Crippen LogP contribution < -0.4 is 11.1 Å². The van der Waals surface area contributed by atoms with E-state index in [0.29, 0.717) is 12.8 Å². The number of nitrogens with two attached hydrogens (primary N) is 1. The van der Waals surface area contributed by atoms with Crippen molar-refractivity contribution in [3.05, 3.63) is 0 Å². The Kier molecular flexibility index (Phi) is 9.46. The molecule has 118 valence electrons. The summed E-state index contributed by atoms with van der Waals surface area (Å²) in [7, 11) is 0. The molecule has 1 amide bonds. The largest absolute Gasteiger partial charge is 0.409 e. The van der Waals surface area contributed by atoms with Crippen molar-refractivity contribution >= 4 is 23.5 Å². The number of thioether (sulfide) groups is 1. The van der Waals surface area contributed by atoms with Crippen molar-refractivity contribution in [1.82, 2.24) is 5.32 Å². The lowest BCUT2D eigenvalue weighted by atomic mass is 9.77. The van der Waals surface area contributed by atoms with Gasteiger partial charge in [-0.2, -0.15) is 11.8 Å². The Balaban J connectivity index is 5.04. The minimum absolute atomic E-state index is 0.0223. The summed E-state index contributed by atoms with van der Waals surface area (Å²) in [4.78, 5) is 12.6. The quantitative estimate of drug-likeness (QED) is 0.250. The third-order valence-electron chi connectivity index (χ3n) is 3.34. The number of amidine groups is 1. The van der Waals surface area contributed by atoms with E-state index in [1.54, 1.807) is 11.8 Å². The molecule has 0 aromatic rings. The van der Waals surface area contributed by atoms with Gasteiger partial charge >= 0.3 is 0 Å². The Morgan fingerprint density at radius 3 is 2.30 bits per heavy atom. The van der Waals surface area contributed by atoms with Crippen molar-refractivity contribution in [2.24, 2.45) is 16.3 Å². The van der Waals surface area contributed by atoms with Crippen LogP contribution in [0.25, 0.3) is 0 Å². The number of nitrogens with zero attached hydrogens (tertiary/aromatic N) is 1. The van der Waals surface area contributed by atoms with E-state index in [4.69, 9.17) is 10.9 Å². The summed E-state index contributed by atoms with van der Waals surface area (Å²) in [5.74, 6) is 1.79. The minimum Gasteiger partial charge on any atom is -0.409 e. The zero-order valence-electron chi connectivity index (χ0n) is 13.1. The van der Waals surface area contributed by atoms with Crippen molar-refractivity contribution in [1.29, 1.82) is 0 Å². The molecule has 0 spiro atoms. The normalized spacial score (nSPS) is 14.1. The van der Waals surface area contributed by atoms with Gasteiger partial charge in [0.2, 0.25) is 5.91 Å². The van der Waals surface area contributed by atoms with Crippen molar-refractivity contribution in [2.45, 2.75) is 59.4 Å². The van der Waals surface area contributed by atoms with Crippen molar-refractivity contribution in [3.63, 3.8) is 0 Å². The zero-order valence-corrected chi connectivity index (χ0v) is 13.9. The highest BCUT2D eigenvalue weighted by Gasteiger charge is 2.41. The van der Waals surface area contributed by atoms with Gasteiger partial charge in [0.1, 0.15) is 5.41 Å². The maximum atomic E-state index is 12.6. The second kappa shape index (κ2) is 9.91. The molecule has 0 aliphatic rings. The van der Waals surface area contributed by atoms with E-state index < -0.39 is 5.41 Å². The Labute approximate surface area is 126 Å². The topological polar surface area (TPSA) is 87.7 Å². The lowest BCUT2D eigenvalue weighted by molar-refractivity contribution is -0.128. The first kappa shape index (κ1) is 19.1. The monoisotopic (exact) mass is 303 g/mol. The Hall–Kier alpha value is -0.910. The molecule has 0 heterocycles. The van der Waals surface area contributed by atoms with Gasteiger partial charge in [0.25, 0.3) is 0 Å². The molecule has 0 saturated heterocycles. The average Bonchev–Trinajstić information content (AvgIpc) is 2.43. The maximum Gasteiger partial charge on any atom is 0.234 e. The third kappa shape index (κ3) is 5.23. The van der Waals surface area contributed by atoms with Gasteiger partial charge in [-0.15, -0.1) is 0 Å². The summed E-state index contributed by atoms with van der Waals surface area (Å²) in [6, 6.07) is 0.0760. The average molecular weight is 303 g/mol. The number of nitrogens with one attached hydrogen (secondary N) is 1. The molecule has 4 N–H and O–H groups in total. The lowest BCUT2D eigenvalue weighted by Gasteiger charge is -2.32. The molecule has 0 aromatic carbocycles. The van der Waals surface area contributed by atoms with Crippen LogP contribution in [-0.2, 0) is 4.79 Å². The standard InChI is InChI=1S/C14H29N3O2S/c1-5-8-14(9-6-2,12(15)17-19)13(18)16-11(4)10-20-7-3/h11,19H,5-10H2,1-4H3,(H2,15,17)(H,16,18). The number of hydrogen-bond donors (Lipinski definition) is 3. The Bertz CT molecular complexity index is 316. The van der Waals surface area contributed by atoms with E-state index in [2.05, 4.69) is 17.4 Å². The summed E-state index contributed by atoms with van der Waals surface area (Å²) in [5, 5.41) is 15.2. The summed E-state index contributed by atoms with van der Waals surface area (Å²) in [6.07, 6.45) is 2.80. The fourth-order valence-corrected chi connectivity index (χ4v) is 3.04. The molecular weight excluding hydrogens is 274 g/mol. The number of oxime groups is 1. The molecule has 5 nitrogen and oxygen atoms in total. The molecule has 1 atom stereocenters. The van der Waals surface area contributed by atoms with Crippen LogP contribution in [0.3, 0.4) is 0 Å². The molecule has 20 heavy (non-hydrogen) atoms. The molecular formula is C14H29N3O2S. The van der Waals surface area contributed by atoms with Crippen molar-refractivity contribution in [3.8, 4) is 0 Å². The third-order valence-corrected chi connectivity index (χ3v) is 4.48. The highest BCUT2D eigenvalue weighted by molar-refractivity contribution is 7.99. The van der Waals surface area contributed by atoms with Gasteiger partial charge in [-0.25, -0.2) is 0 Å². The van der Waals surface area contributed by atoms with Crippen LogP contribution in [0, 0.1) is 5.41 Å². The van der Waals surface area contributed by atoms with E-state index in [-0.39, 0.29) is 17.8 Å². The number of carbonyl (C=O) groups is 1. The SMILES string of the molecule is CCCC(CCC)(C(=O)NC(C)CSCC)C(N)=NO. The van der Waals surface area contributed by atoms with Gasteiger partial charge in [0.05, 0.1) is 0 Å². The smallest absolute Gasteiger partial charge is 0.234 e.